The predicted molar refractivity (Wildman–Crippen MR) is 52.3 cm³/mol. The van der Waals surface area contributed by atoms with E-state index in [2.05, 4.69) is 9.68 Å². The number of halogens is 3. The maximum Gasteiger partial charge on any atom is 0.417 e. The molecule has 0 aliphatic carbocycles. The molecule has 0 aliphatic rings. The van der Waals surface area contributed by atoms with Gasteiger partial charge in [-0.25, -0.2) is 0 Å². The molecule has 0 spiro atoms. The summed E-state index contributed by atoms with van der Waals surface area (Å²) in [6.07, 6.45) is -3.07. The highest BCUT2D eigenvalue weighted by molar-refractivity contribution is 5.84. The zero-order valence-electron chi connectivity index (χ0n) is 8.36. The zero-order valence-corrected chi connectivity index (χ0v) is 8.36. The maximum atomic E-state index is 12.7. The molecule has 0 fully saturated rings. The third-order valence-electron chi connectivity index (χ3n) is 2.23. The van der Waals surface area contributed by atoms with Gasteiger partial charge in [0.05, 0.1) is 17.3 Å². The van der Waals surface area contributed by atoms with Gasteiger partial charge in [-0.15, -0.1) is 0 Å². The second kappa shape index (κ2) is 4.04. The van der Waals surface area contributed by atoms with E-state index in [0.29, 0.717) is 6.29 Å². The van der Waals surface area contributed by atoms with Gasteiger partial charge in [0.1, 0.15) is 0 Å². The van der Waals surface area contributed by atoms with Crippen molar-refractivity contribution >= 4 is 6.29 Å². The van der Waals surface area contributed by atoms with Gasteiger partial charge >= 0.3 is 6.18 Å². The average molecular weight is 241 g/mol. The summed E-state index contributed by atoms with van der Waals surface area (Å²) in [7, 11) is 0. The quantitative estimate of drug-likeness (QED) is 0.758. The topological polar surface area (TPSA) is 43.1 Å². The van der Waals surface area contributed by atoms with Crippen molar-refractivity contribution in [2.24, 2.45) is 0 Å². The first kappa shape index (κ1) is 11.4. The van der Waals surface area contributed by atoms with E-state index in [4.69, 9.17) is 0 Å². The number of carbonyl (C=O) groups excluding carboxylic acids is 1. The number of aromatic nitrogens is 1. The molecule has 0 unspecified atom stereocenters. The summed E-state index contributed by atoms with van der Waals surface area (Å²) in [5.74, 6) is -0.221. The summed E-state index contributed by atoms with van der Waals surface area (Å²) >= 11 is 0. The molecule has 3 nitrogen and oxygen atoms in total. The van der Waals surface area contributed by atoms with Gasteiger partial charge in [0, 0.05) is 0 Å². The Balaban J connectivity index is 2.64. The minimum atomic E-state index is -4.49. The molecule has 0 aliphatic heterocycles. The van der Waals surface area contributed by atoms with Gasteiger partial charge in [-0.1, -0.05) is 23.4 Å². The monoisotopic (exact) mass is 241 g/mol. The maximum absolute atomic E-state index is 12.7. The molecule has 2 aromatic rings. The highest BCUT2D eigenvalue weighted by Gasteiger charge is 2.34. The van der Waals surface area contributed by atoms with Crippen LogP contribution < -0.4 is 0 Å². The number of benzene rings is 1. The molecule has 1 heterocycles. The van der Waals surface area contributed by atoms with E-state index in [1.807, 2.05) is 0 Å². The molecule has 6 heteroatoms. The molecule has 0 radical (unpaired) electrons. The number of nitrogens with zero attached hydrogens (tertiary/aromatic N) is 1. The van der Waals surface area contributed by atoms with Crippen LogP contribution in [0.2, 0.25) is 0 Å². The summed E-state index contributed by atoms with van der Waals surface area (Å²) < 4.78 is 42.8. The van der Waals surface area contributed by atoms with Gasteiger partial charge in [0.25, 0.3) is 0 Å². The van der Waals surface area contributed by atoms with Gasteiger partial charge in [-0.05, 0) is 11.6 Å². The normalized spacial score (nSPS) is 11.5. The van der Waals surface area contributed by atoms with Crippen molar-refractivity contribution in [1.82, 2.24) is 5.16 Å². The van der Waals surface area contributed by atoms with Gasteiger partial charge in [0.2, 0.25) is 5.76 Å². The number of rotatable bonds is 2. The standard InChI is InChI=1S/C11H6F3NO2/c12-11(13,14)9-4-2-1-3-7(9)8-5-15-17-10(8)6-16/h1-6H. The van der Waals surface area contributed by atoms with Crippen molar-refractivity contribution < 1.29 is 22.5 Å². The van der Waals surface area contributed by atoms with E-state index >= 15 is 0 Å². The third kappa shape index (κ3) is 2.06. The second-order valence-corrected chi connectivity index (χ2v) is 3.26. The highest BCUT2D eigenvalue weighted by Crippen LogP contribution is 2.37. The minimum absolute atomic E-state index is 0.0351. The minimum Gasteiger partial charge on any atom is -0.353 e. The van der Waals surface area contributed by atoms with Crippen molar-refractivity contribution in [2.45, 2.75) is 6.18 Å². The Bertz CT molecular complexity index is 546. The molecule has 0 amide bonds. The van der Waals surface area contributed by atoms with Crippen LogP contribution >= 0.6 is 0 Å². The Morgan fingerprint density at radius 3 is 2.53 bits per heavy atom. The summed E-state index contributed by atoms with van der Waals surface area (Å²) in [4.78, 5) is 10.6. The first-order valence-corrected chi connectivity index (χ1v) is 4.60. The van der Waals surface area contributed by atoms with Crippen LogP contribution in [0.15, 0.2) is 35.0 Å². The van der Waals surface area contributed by atoms with Crippen LogP contribution in [-0.2, 0) is 6.18 Å². The lowest BCUT2D eigenvalue weighted by Crippen LogP contribution is -2.07. The van der Waals surface area contributed by atoms with Crippen molar-refractivity contribution in [3.8, 4) is 11.1 Å². The van der Waals surface area contributed by atoms with Gasteiger partial charge < -0.3 is 4.52 Å². The largest absolute Gasteiger partial charge is 0.417 e. The van der Waals surface area contributed by atoms with Crippen LogP contribution in [0.4, 0.5) is 13.2 Å². The number of hydrogen-bond acceptors (Lipinski definition) is 3. The molecular formula is C11H6F3NO2. The number of aldehydes is 1. The highest BCUT2D eigenvalue weighted by atomic mass is 19.4. The molecule has 17 heavy (non-hydrogen) atoms. The summed E-state index contributed by atoms with van der Waals surface area (Å²) in [5, 5.41) is 3.32. The van der Waals surface area contributed by atoms with Crippen LogP contribution in [-0.4, -0.2) is 11.4 Å². The summed E-state index contributed by atoms with van der Waals surface area (Å²) in [5.41, 5.74) is -0.914. The van der Waals surface area contributed by atoms with Gasteiger partial charge in [-0.3, -0.25) is 4.79 Å². The van der Waals surface area contributed by atoms with E-state index < -0.39 is 11.7 Å². The Labute approximate surface area is 93.8 Å². The van der Waals surface area contributed by atoms with Crippen molar-refractivity contribution in [3.63, 3.8) is 0 Å². The fourth-order valence-corrected chi connectivity index (χ4v) is 1.50. The van der Waals surface area contributed by atoms with Gasteiger partial charge in [0.15, 0.2) is 6.29 Å². The molecule has 0 atom stereocenters. The average Bonchev–Trinajstić information content (AvgIpc) is 2.75. The Hall–Kier alpha value is -2.11. The zero-order chi connectivity index (χ0) is 12.5. The lowest BCUT2D eigenvalue weighted by atomic mass is 10.0. The summed E-state index contributed by atoms with van der Waals surface area (Å²) in [6.45, 7) is 0. The third-order valence-corrected chi connectivity index (χ3v) is 2.23. The summed E-state index contributed by atoms with van der Waals surface area (Å²) in [6, 6.07) is 4.94. The molecule has 0 N–H and O–H groups in total. The molecule has 0 saturated heterocycles. The molecule has 1 aromatic carbocycles. The lowest BCUT2D eigenvalue weighted by Gasteiger charge is -2.11. The Kier molecular flexibility index (Phi) is 2.71. The molecule has 2 rings (SSSR count). The molecule has 88 valence electrons. The van der Waals surface area contributed by atoms with E-state index in [1.165, 1.54) is 18.2 Å². The fraction of sp³-hybridized carbons (Fsp3) is 0.0909. The smallest absolute Gasteiger partial charge is 0.353 e. The van der Waals surface area contributed by atoms with Crippen molar-refractivity contribution in [2.75, 3.05) is 0 Å². The van der Waals surface area contributed by atoms with Gasteiger partial charge in [-0.2, -0.15) is 13.2 Å². The van der Waals surface area contributed by atoms with E-state index in [9.17, 15) is 18.0 Å². The van der Waals surface area contributed by atoms with Crippen LogP contribution in [0.3, 0.4) is 0 Å². The van der Waals surface area contributed by atoms with Crippen LogP contribution in [0.25, 0.3) is 11.1 Å². The number of carbonyl (C=O) groups is 1. The first-order valence-electron chi connectivity index (χ1n) is 4.60. The van der Waals surface area contributed by atoms with Crippen LogP contribution in [0.5, 0.6) is 0 Å². The molecule has 1 aromatic heterocycles. The number of hydrogen-bond donors (Lipinski definition) is 0. The van der Waals surface area contributed by atoms with Crippen LogP contribution in [0, 0.1) is 0 Å². The second-order valence-electron chi connectivity index (χ2n) is 3.26. The van der Waals surface area contributed by atoms with E-state index in [0.717, 1.165) is 12.3 Å². The predicted octanol–water partition coefficient (Wildman–Crippen LogP) is 3.17. The lowest BCUT2D eigenvalue weighted by molar-refractivity contribution is -0.137. The van der Waals surface area contributed by atoms with E-state index in [-0.39, 0.29) is 16.9 Å². The first-order chi connectivity index (χ1) is 8.04. The van der Waals surface area contributed by atoms with E-state index in [1.54, 1.807) is 0 Å². The number of alkyl halides is 3. The Morgan fingerprint density at radius 2 is 1.88 bits per heavy atom. The molecule has 0 bridgehead atoms. The Morgan fingerprint density at radius 1 is 1.18 bits per heavy atom. The molecule has 0 saturated carbocycles. The van der Waals surface area contributed by atoms with Crippen molar-refractivity contribution in [3.05, 3.63) is 41.8 Å². The molecular weight excluding hydrogens is 235 g/mol. The fourth-order valence-electron chi connectivity index (χ4n) is 1.50. The van der Waals surface area contributed by atoms with Crippen molar-refractivity contribution in [1.29, 1.82) is 0 Å². The van der Waals surface area contributed by atoms with Crippen LogP contribution in [0.1, 0.15) is 16.1 Å². The SMILES string of the molecule is O=Cc1oncc1-c1ccccc1C(F)(F)F.